The molecule has 0 spiro atoms. The fourth-order valence-electron chi connectivity index (χ4n) is 2.17. The summed E-state index contributed by atoms with van der Waals surface area (Å²) in [5.41, 5.74) is -1.07. The maximum Gasteiger partial charge on any atom is 0.325 e. The minimum atomic E-state index is -1.07. The fraction of sp³-hybridized carbons (Fsp3) is 0.500. The highest BCUT2D eigenvalue weighted by Crippen LogP contribution is 2.31. The molecule has 1 aromatic rings. The highest BCUT2D eigenvalue weighted by molar-refractivity contribution is 7.10. The number of amides is 4. The van der Waals surface area contributed by atoms with Gasteiger partial charge in [-0.25, -0.2) is 4.79 Å². The van der Waals surface area contributed by atoms with Crippen molar-refractivity contribution in [2.75, 3.05) is 13.1 Å². The van der Waals surface area contributed by atoms with Gasteiger partial charge in [-0.15, -0.1) is 11.3 Å². The van der Waals surface area contributed by atoms with Gasteiger partial charge in [-0.3, -0.25) is 14.5 Å². The number of rotatable bonds is 6. The Balaban J connectivity index is 2.04. The Labute approximate surface area is 127 Å². The molecule has 1 fully saturated rings. The van der Waals surface area contributed by atoms with Crippen molar-refractivity contribution in [2.24, 2.45) is 0 Å². The van der Waals surface area contributed by atoms with Crippen molar-refractivity contribution in [3.05, 3.63) is 22.4 Å². The number of urea groups is 1. The largest absolute Gasteiger partial charge is 0.355 e. The van der Waals surface area contributed by atoms with E-state index in [1.165, 1.54) is 11.3 Å². The molecule has 4 amide bonds. The smallest absolute Gasteiger partial charge is 0.325 e. The predicted octanol–water partition coefficient (Wildman–Crippen LogP) is 1.43. The molecule has 21 heavy (non-hydrogen) atoms. The lowest BCUT2D eigenvalue weighted by Crippen LogP contribution is -2.43. The summed E-state index contributed by atoms with van der Waals surface area (Å²) in [7, 11) is 0. The number of unbranched alkanes of at least 4 members (excludes halogenated alkanes) is 1. The van der Waals surface area contributed by atoms with Crippen LogP contribution in [0.25, 0.3) is 0 Å². The summed E-state index contributed by atoms with van der Waals surface area (Å²) in [6, 6.07) is 3.10. The van der Waals surface area contributed by atoms with Gasteiger partial charge in [0, 0.05) is 11.4 Å². The first-order valence-corrected chi connectivity index (χ1v) is 7.81. The molecule has 0 radical (unpaired) electrons. The second-order valence-electron chi connectivity index (χ2n) is 5.13. The van der Waals surface area contributed by atoms with E-state index in [1.54, 1.807) is 13.0 Å². The van der Waals surface area contributed by atoms with Crippen LogP contribution in [0.1, 0.15) is 31.6 Å². The van der Waals surface area contributed by atoms with E-state index in [2.05, 4.69) is 10.6 Å². The number of carbonyl (C=O) groups excluding carboxylic acids is 3. The summed E-state index contributed by atoms with van der Waals surface area (Å²) < 4.78 is 0. The van der Waals surface area contributed by atoms with Crippen LogP contribution in [0.15, 0.2) is 17.5 Å². The molecule has 2 rings (SSSR count). The Hall–Kier alpha value is -1.89. The zero-order chi connectivity index (χ0) is 15.5. The van der Waals surface area contributed by atoms with Crippen molar-refractivity contribution in [1.82, 2.24) is 15.5 Å². The summed E-state index contributed by atoms with van der Waals surface area (Å²) in [5, 5.41) is 7.22. The second-order valence-corrected chi connectivity index (χ2v) is 6.07. The summed E-state index contributed by atoms with van der Waals surface area (Å²) in [4.78, 5) is 38.0. The Bertz CT molecular complexity index is 544. The van der Waals surface area contributed by atoms with Gasteiger partial charge in [0.1, 0.15) is 6.54 Å². The summed E-state index contributed by atoms with van der Waals surface area (Å²) in [5.74, 6) is -0.706. The highest BCUT2D eigenvalue weighted by atomic mass is 32.1. The van der Waals surface area contributed by atoms with Crippen LogP contribution in [0.3, 0.4) is 0 Å². The number of nitrogens with one attached hydrogen (secondary N) is 2. The molecule has 0 unspecified atom stereocenters. The first kappa shape index (κ1) is 15.5. The first-order chi connectivity index (χ1) is 9.99. The predicted molar refractivity (Wildman–Crippen MR) is 79.8 cm³/mol. The molecule has 0 aliphatic carbocycles. The van der Waals surface area contributed by atoms with E-state index in [1.807, 2.05) is 18.4 Å². The van der Waals surface area contributed by atoms with Gasteiger partial charge in [0.15, 0.2) is 5.54 Å². The number of hydrogen-bond donors (Lipinski definition) is 2. The van der Waals surface area contributed by atoms with Gasteiger partial charge in [-0.1, -0.05) is 19.4 Å². The minimum Gasteiger partial charge on any atom is -0.355 e. The molecule has 0 saturated carbocycles. The molecule has 114 valence electrons. The number of hydrogen-bond acceptors (Lipinski definition) is 4. The number of thiophene rings is 1. The van der Waals surface area contributed by atoms with Crippen molar-refractivity contribution in [1.29, 1.82) is 0 Å². The van der Waals surface area contributed by atoms with Gasteiger partial charge in [0.25, 0.3) is 5.91 Å². The molecule has 1 aliphatic heterocycles. The SMILES string of the molecule is CCCCNC(=O)CN1C(=O)N[C@](C)(c2cccs2)C1=O. The third-order valence-corrected chi connectivity index (χ3v) is 4.53. The molecule has 2 heterocycles. The van der Waals surface area contributed by atoms with Crippen LogP contribution in [-0.4, -0.2) is 35.8 Å². The fourth-order valence-corrected chi connectivity index (χ4v) is 3.01. The van der Waals surface area contributed by atoms with Gasteiger partial charge in [0.2, 0.25) is 5.91 Å². The van der Waals surface area contributed by atoms with Gasteiger partial charge >= 0.3 is 6.03 Å². The molecule has 1 aliphatic rings. The Morgan fingerprint density at radius 2 is 2.24 bits per heavy atom. The van der Waals surface area contributed by atoms with Gasteiger partial charge in [-0.2, -0.15) is 0 Å². The molecule has 1 atom stereocenters. The van der Waals surface area contributed by atoms with Crippen LogP contribution in [0, 0.1) is 0 Å². The van der Waals surface area contributed by atoms with E-state index in [0.29, 0.717) is 6.54 Å². The number of imide groups is 1. The van der Waals surface area contributed by atoms with Crippen LogP contribution >= 0.6 is 11.3 Å². The molecule has 0 bridgehead atoms. The Kier molecular flexibility index (Phi) is 4.62. The van der Waals surface area contributed by atoms with Crippen LogP contribution < -0.4 is 10.6 Å². The number of nitrogens with zero attached hydrogens (tertiary/aromatic N) is 1. The summed E-state index contributed by atoms with van der Waals surface area (Å²) >= 11 is 1.40. The van der Waals surface area contributed by atoms with Crippen LogP contribution in [0.2, 0.25) is 0 Å². The molecule has 1 saturated heterocycles. The molecular formula is C14H19N3O3S. The highest BCUT2D eigenvalue weighted by Gasteiger charge is 2.50. The van der Waals surface area contributed by atoms with Crippen LogP contribution in [0.5, 0.6) is 0 Å². The first-order valence-electron chi connectivity index (χ1n) is 6.94. The van der Waals surface area contributed by atoms with E-state index in [9.17, 15) is 14.4 Å². The third-order valence-electron chi connectivity index (χ3n) is 3.44. The second kappa shape index (κ2) is 6.26. The van der Waals surface area contributed by atoms with E-state index < -0.39 is 11.6 Å². The van der Waals surface area contributed by atoms with E-state index in [4.69, 9.17) is 0 Å². The normalized spacial score (nSPS) is 21.5. The summed E-state index contributed by atoms with van der Waals surface area (Å²) in [6.45, 7) is 4.00. The van der Waals surface area contributed by atoms with Crippen LogP contribution in [-0.2, 0) is 15.1 Å². The van der Waals surface area contributed by atoms with Crippen LogP contribution in [0.4, 0.5) is 4.79 Å². The zero-order valence-corrected chi connectivity index (χ0v) is 13.0. The quantitative estimate of drug-likeness (QED) is 0.616. The average molecular weight is 309 g/mol. The molecule has 2 N–H and O–H groups in total. The minimum absolute atomic E-state index is 0.241. The van der Waals surface area contributed by atoms with Gasteiger partial charge in [-0.05, 0) is 24.8 Å². The Morgan fingerprint density at radius 1 is 1.48 bits per heavy atom. The van der Waals surface area contributed by atoms with Gasteiger partial charge < -0.3 is 10.6 Å². The monoisotopic (exact) mass is 309 g/mol. The maximum atomic E-state index is 12.5. The average Bonchev–Trinajstić information content (AvgIpc) is 3.04. The van der Waals surface area contributed by atoms with Gasteiger partial charge in [0.05, 0.1) is 0 Å². The molecule has 0 aromatic carbocycles. The molecule has 7 heteroatoms. The third kappa shape index (κ3) is 3.07. The maximum absolute atomic E-state index is 12.5. The standard InChI is InChI=1S/C14H19N3O3S/c1-3-4-7-15-11(18)9-17-12(19)14(2,16-13(17)20)10-6-5-8-21-10/h5-6,8H,3-4,7,9H2,1-2H3,(H,15,18)(H,16,20)/t14-/m1/s1. The number of carbonyl (C=O) groups is 3. The van der Waals surface area contributed by atoms with E-state index in [-0.39, 0.29) is 18.4 Å². The Morgan fingerprint density at radius 3 is 2.86 bits per heavy atom. The molecule has 1 aromatic heterocycles. The van der Waals surface area contributed by atoms with Crippen molar-refractivity contribution in [2.45, 2.75) is 32.2 Å². The lowest BCUT2D eigenvalue weighted by molar-refractivity contribution is -0.134. The summed E-state index contributed by atoms with van der Waals surface area (Å²) in [6.07, 6.45) is 1.85. The van der Waals surface area contributed by atoms with Crippen molar-refractivity contribution < 1.29 is 14.4 Å². The van der Waals surface area contributed by atoms with E-state index >= 15 is 0 Å². The molecular weight excluding hydrogens is 290 g/mol. The van der Waals surface area contributed by atoms with Crippen molar-refractivity contribution in [3.63, 3.8) is 0 Å². The van der Waals surface area contributed by atoms with Crippen molar-refractivity contribution in [3.8, 4) is 0 Å². The lowest BCUT2D eigenvalue weighted by atomic mass is 10.0. The topological polar surface area (TPSA) is 78.5 Å². The molecule has 6 nitrogen and oxygen atoms in total. The lowest BCUT2D eigenvalue weighted by Gasteiger charge is -2.19. The van der Waals surface area contributed by atoms with Crippen molar-refractivity contribution >= 4 is 29.2 Å². The zero-order valence-electron chi connectivity index (χ0n) is 12.1. The van der Waals surface area contributed by atoms with E-state index in [0.717, 1.165) is 22.6 Å².